The van der Waals surface area contributed by atoms with E-state index in [1.807, 2.05) is 0 Å². The molecule has 0 aromatic heterocycles. The van der Waals surface area contributed by atoms with Gasteiger partial charge in [-0.2, -0.15) is 8.42 Å². The number of non-ortho nitro benzene ring substituents is 1. The predicted molar refractivity (Wildman–Crippen MR) is 102 cm³/mol. The Morgan fingerprint density at radius 1 is 1.11 bits per heavy atom. The summed E-state index contributed by atoms with van der Waals surface area (Å²) in [5.74, 6) is -1.48. The number of nitrogens with zero attached hydrogens (tertiary/aromatic N) is 1. The molecule has 0 aliphatic rings. The van der Waals surface area contributed by atoms with Crippen LogP contribution in [0.2, 0.25) is 0 Å². The van der Waals surface area contributed by atoms with Crippen molar-refractivity contribution < 1.29 is 36.2 Å². The molecule has 1 aromatic rings. The van der Waals surface area contributed by atoms with E-state index in [9.17, 15) is 23.1 Å². The number of rotatable bonds is 12. The topological polar surface area (TPSA) is 142 Å². The number of aliphatic hydroxyl groups is 1. The van der Waals surface area contributed by atoms with Gasteiger partial charge in [0.1, 0.15) is 0 Å². The van der Waals surface area contributed by atoms with Gasteiger partial charge in [0.05, 0.1) is 22.0 Å². The van der Waals surface area contributed by atoms with E-state index in [-0.39, 0.29) is 30.0 Å². The first kappa shape index (κ1) is 24.7. The number of hydrogen-bond donors (Lipinski definition) is 1. The molecule has 0 heterocycles. The summed E-state index contributed by atoms with van der Waals surface area (Å²) in [7, 11) is -8.46. The lowest BCUT2D eigenvalue weighted by molar-refractivity contribution is -0.384. The van der Waals surface area contributed by atoms with Gasteiger partial charge in [0.25, 0.3) is 15.8 Å². The van der Waals surface area contributed by atoms with Crippen molar-refractivity contribution in [3.63, 3.8) is 0 Å². The second-order valence-electron chi connectivity index (χ2n) is 6.47. The Balaban J connectivity index is 3.23. The summed E-state index contributed by atoms with van der Waals surface area (Å²) in [4.78, 5) is 9.72. The second kappa shape index (κ2) is 10.4. The Kier molecular flexibility index (Phi) is 9.19. The quantitative estimate of drug-likeness (QED) is 0.224. The van der Waals surface area contributed by atoms with E-state index < -0.39 is 40.7 Å². The highest BCUT2D eigenvalue weighted by Crippen LogP contribution is 2.57. The lowest BCUT2D eigenvalue weighted by atomic mass is 10.3. The molecular formula is C16H26NO9PS. The molecular weight excluding hydrogens is 413 g/mol. The van der Waals surface area contributed by atoms with Crippen molar-refractivity contribution in [1.29, 1.82) is 0 Å². The van der Waals surface area contributed by atoms with Crippen molar-refractivity contribution in [2.24, 2.45) is 0 Å². The van der Waals surface area contributed by atoms with E-state index in [1.165, 1.54) is 0 Å². The monoisotopic (exact) mass is 439 g/mol. The molecule has 1 atom stereocenters. The summed E-state index contributed by atoms with van der Waals surface area (Å²) in [6, 6.07) is 4.09. The minimum Gasteiger partial charge on any atom is -0.396 e. The highest BCUT2D eigenvalue weighted by Gasteiger charge is 2.42. The van der Waals surface area contributed by atoms with Gasteiger partial charge in [-0.15, -0.1) is 0 Å². The van der Waals surface area contributed by atoms with E-state index in [0.29, 0.717) is 0 Å². The van der Waals surface area contributed by atoms with Gasteiger partial charge in [-0.3, -0.25) is 18.9 Å². The van der Waals surface area contributed by atoms with Crippen LogP contribution >= 0.6 is 7.60 Å². The first-order chi connectivity index (χ1) is 12.9. The molecule has 0 saturated carbocycles. The van der Waals surface area contributed by atoms with Crippen LogP contribution < -0.4 is 0 Å². The number of aliphatic hydroxyl groups excluding tert-OH is 1. The standard InChI is InChI=1S/C16H26NO9PS/c1-12(2)24-27(21,25-13(3)4)16(6-5-11-18)26-28(22,23)15-9-7-14(8-10-15)17(19)20/h7-10,12-13,16,18H,5-6,11H2,1-4H3/t16-/m1/s1. The highest BCUT2D eigenvalue weighted by atomic mass is 32.2. The number of nitro groups is 1. The fraction of sp³-hybridized carbons (Fsp3) is 0.625. The van der Waals surface area contributed by atoms with Gasteiger partial charge in [0, 0.05) is 18.7 Å². The Labute approximate surface area is 164 Å². The SMILES string of the molecule is CC(C)OP(=O)(OC(C)C)[C@H](CCCO)OS(=O)(=O)c1ccc([N+](=O)[O-])cc1. The van der Waals surface area contributed by atoms with Crippen LogP contribution in [0.25, 0.3) is 0 Å². The summed E-state index contributed by atoms with van der Waals surface area (Å²) < 4.78 is 54.5. The second-order valence-corrected chi connectivity index (χ2v) is 10.1. The average molecular weight is 439 g/mol. The van der Waals surface area contributed by atoms with Crippen molar-refractivity contribution in [3.05, 3.63) is 34.4 Å². The van der Waals surface area contributed by atoms with Gasteiger partial charge < -0.3 is 14.2 Å². The van der Waals surface area contributed by atoms with Crippen molar-refractivity contribution >= 4 is 23.4 Å². The molecule has 12 heteroatoms. The van der Waals surface area contributed by atoms with Crippen LogP contribution in [0.15, 0.2) is 29.2 Å². The zero-order valence-electron chi connectivity index (χ0n) is 16.2. The average Bonchev–Trinajstić information content (AvgIpc) is 2.57. The molecule has 160 valence electrons. The zero-order valence-corrected chi connectivity index (χ0v) is 17.9. The maximum atomic E-state index is 13.3. The largest absolute Gasteiger partial charge is 0.396 e. The summed E-state index contributed by atoms with van der Waals surface area (Å²) in [5, 5.41) is 19.8. The minimum atomic E-state index is -4.42. The maximum absolute atomic E-state index is 13.3. The normalized spacial score (nSPS) is 13.8. The maximum Gasteiger partial charge on any atom is 0.361 e. The summed E-state index contributed by atoms with van der Waals surface area (Å²) >= 11 is 0. The predicted octanol–water partition coefficient (Wildman–Crippen LogP) is 3.44. The van der Waals surface area contributed by atoms with Crippen molar-refractivity contribution in [2.45, 2.75) is 63.5 Å². The van der Waals surface area contributed by atoms with Crippen molar-refractivity contribution in [3.8, 4) is 0 Å². The zero-order chi connectivity index (χ0) is 21.5. The fourth-order valence-electron chi connectivity index (χ4n) is 2.21. The Morgan fingerprint density at radius 3 is 2.00 bits per heavy atom. The van der Waals surface area contributed by atoms with Crippen LogP contribution in [0.1, 0.15) is 40.5 Å². The van der Waals surface area contributed by atoms with Crippen LogP contribution in [-0.4, -0.2) is 43.1 Å². The summed E-state index contributed by atoms with van der Waals surface area (Å²) in [6.07, 6.45) is -1.06. The Hall–Kier alpha value is -1.36. The highest BCUT2D eigenvalue weighted by molar-refractivity contribution is 7.87. The van der Waals surface area contributed by atoms with E-state index in [0.717, 1.165) is 24.3 Å². The van der Waals surface area contributed by atoms with Crippen LogP contribution in [0.3, 0.4) is 0 Å². The molecule has 0 fully saturated rings. The molecule has 10 nitrogen and oxygen atoms in total. The molecule has 0 bridgehead atoms. The summed E-state index contributed by atoms with van der Waals surface area (Å²) in [6.45, 7) is 6.18. The molecule has 28 heavy (non-hydrogen) atoms. The first-order valence-corrected chi connectivity index (χ1v) is 11.7. The van der Waals surface area contributed by atoms with Crippen LogP contribution in [0, 0.1) is 10.1 Å². The molecule has 0 radical (unpaired) electrons. The van der Waals surface area contributed by atoms with Gasteiger partial charge in [-0.05, 0) is 52.7 Å². The lowest BCUT2D eigenvalue weighted by Crippen LogP contribution is -2.24. The van der Waals surface area contributed by atoms with Gasteiger partial charge in [0.2, 0.25) is 0 Å². The Morgan fingerprint density at radius 2 is 1.61 bits per heavy atom. The first-order valence-electron chi connectivity index (χ1n) is 8.66. The van der Waals surface area contributed by atoms with Crippen LogP contribution in [-0.2, 0) is 27.9 Å². The third-order valence-corrected chi connectivity index (χ3v) is 7.23. The van der Waals surface area contributed by atoms with Crippen LogP contribution in [0.4, 0.5) is 5.69 Å². The number of benzene rings is 1. The number of hydrogen-bond acceptors (Lipinski definition) is 9. The van der Waals surface area contributed by atoms with Gasteiger partial charge in [0.15, 0.2) is 5.85 Å². The fourth-order valence-corrected chi connectivity index (χ4v) is 5.94. The molecule has 1 rings (SSSR count). The van der Waals surface area contributed by atoms with Crippen LogP contribution in [0.5, 0.6) is 0 Å². The third-order valence-electron chi connectivity index (χ3n) is 3.25. The number of nitro benzene ring substituents is 1. The van der Waals surface area contributed by atoms with Gasteiger partial charge >= 0.3 is 7.60 Å². The summed E-state index contributed by atoms with van der Waals surface area (Å²) in [5.41, 5.74) is -0.285. The molecule has 0 amide bonds. The molecule has 0 aliphatic carbocycles. The third kappa shape index (κ3) is 7.23. The van der Waals surface area contributed by atoms with Gasteiger partial charge in [-0.25, -0.2) is 0 Å². The molecule has 0 spiro atoms. The van der Waals surface area contributed by atoms with E-state index in [1.54, 1.807) is 27.7 Å². The lowest BCUT2D eigenvalue weighted by Gasteiger charge is -2.29. The molecule has 0 aliphatic heterocycles. The van der Waals surface area contributed by atoms with Crippen molar-refractivity contribution in [2.75, 3.05) is 6.61 Å². The van der Waals surface area contributed by atoms with Gasteiger partial charge in [-0.1, -0.05) is 0 Å². The smallest absolute Gasteiger partial charge is 0.361 e. The Bertz CT molecular complexity index is 779. The van der Waals surface area contributed by atoms with E-state index >= 15 is 0 Å². The molecule has 0 saturated heterocycles. The van der Waals surface area contributed by atoms with E-state index in [2.05, 4.69) is 0 Å². The molecule has 0 unspecified atom stereocenters. The molecule has 1 N–H and O–H groups in total. The molecule has 1 aromatic carbocycles. The minimum absolute atomic E-state index is 0.0978. The van der Waals surface area contributed by atoms with Crippen molar-refractivity contribution in [1.82, 2.24) is 0 Å². The van der Waals surface area contributed by atoms with E-state index in [4.69, 9.17) is 18.3 Å².